The molecule has 310 valence electrons. The average Bonchev–Trinajstić information content (AvgIpc) is 3.85. The van der Waals surface area contributed by atoms with Gasteiger partial charge in [-0.25, -0.2) is 4.99 Å². The van der Waals surface area contributed by atoms with Crippen LogP contribution in [0.1, 0.15) is 164 Å². The molecule has 12 nitrogen and oxygen atoms in total. The summed E-state index contributed by atoms with van der Waals surface area (Å²) in [5.74, 6) is 0.948. The van der Waals surface area contributed by atoms with Crippen LogP contribution in [0.5, 0.6) is 5.75 Å². The van der Waals surface area contributed by atoms with E-state index in [1.165, 1.54) is 96.3 Å². The number of nitrogens with one attached hydrogen (secondary N) is 1. The Morgan fingerprint density at radius 3 is 2.23 bits per heavy atom. The molecule has 0 amide bonds. The van der Waals surface area contributed by atoms with Crippen molar-refractivity contribution in [1.29, 1.82) is 10.5 Å². The minimum absolute atomic E-state index is 0.119. The van der Waals surface area contributed by atoms with Crippen LogP contribution in [0, 0.1) is 22.7 Å². The molecule has 1 aromatic heterocycles. The minimum Gasteiger partial charge on any atom is -0.495 e. The van der Waals surface area contributed by atoms with Crippen LogP contribution < -0.4 is 15.9 Å². The minimum atomic E-state index is -3.41. The first-order chi connectivity index (χ1) is 27.2. The van der Waals surface area contributed by atoms with Crippen molar-refractivity contribution >= 4 is 22.4 Å². The molecular formula is C42H67N6O6P2+. The number of methoxy groups -OCH3 is 1. The maximum Gasteiger partial charge on any atom is 0.419 e. The Labute approximate surface area is 338 Å². The molecule has 0 radical (unpaired) electrons. The molecule has 1 saturated heterocycles. The van der Waals surface area contributed by atoms with E-state index in [0.717, 1.165) is 36.2 Å². The van der Waals surface area contributed by atoms with Gasteiger partial charge in [0.2, 0.25) is 0 Å². The van der Waals surface area contributed by atoms with Crippen LogP contribution in [0.4, 0.5) is 0 Å². The molecule has 5 unspecified atom stereocenters. The molecule has 0 aliphatic carbocycles. The summed E-state index contributed by atoms with van der Waals surface area (Å²) < 4.78 is 31.8. The molecule has 2 aliphatic heterocycles. The second-order valence-electron chi connectivity index (χ2n) is 15.2. The molecule has 2 aromatic rings. The maximum absolute atomic E-state index is 11.2. The number of aliphatic imine (C=N–C) groups is 1. The smallest absolute Gasteiger partial charge is 0.419 e. The molecule has 1 fully saturated rings. The summed E-state index contributed by atoms with van der Waals surface area (Å²) in [6.07, 6.45) is 23.4. The first-order valence-electron chi connectivity index (χ1n) is 21.0. The fourth-order valence-electron chi connectivity index (χ4n) is 7.40. The second-order valence-corrected chi connectivity index (χ2v) is 18.9. The summed E-state index contributed by atoms with van der Waals surface area (Å²) in [6.45, 7) is 2.90. The summed E-state index contributed by atoms with van der Waals surface area (Å²) in [7, 11) is 0.449. The summed E-state index contributed by atoms with van der Waals surface area (Å²) in [5, 5.41) is 19.6. The number of fused-ring (bicyclic) bond motifs is 1. The quantitative estimate of drug-likeness (QED) is 0.0531. The van der Waals surface area contributed by atoms with Gasteiger partial charge < -0.3 is 25.4 Å². The first-order valence-corrected chi connectivity index (χ1v) is 24.2. The Kier molecular flexibility index (Phi) is 20.4. The molecule has 4 N–H and O–H groups in total. The lowest BCUT2D eigenvalue weighted by Gasteiger charge is -2.25. The van der Waals surface area contributed by atoms with Crippen LogP contribution in [-0.4, -0.2) is 54.1 Å². The number of ether oxygens (including phenoxy) is 3. The monoisotopic (exact) mass is 813 g/mol. The summed E-state index contributed by atoms with van der Waals surface area (Å²) in [5.41, 5.74) is 10.9. The van der Waals surface area contributed by atoms with E-state index in [1.54, 1.807) is 13.2 Å². The molecular weight excluding hydrogens is 746 g/mol. The van der Waals surface area contributed by atoms with Gasteiger partial charge in [-0.1, -0.05) is 122 Å². The molecule has 0 saturated carbocycles. The van der Waals surface area contributed by atoms with E-state index in [2.05, 4.69) is 38.4 Å². The third-order valence-corrected chi connectivity index (χ3v) is 12.7. The molecule has 14 heteroatoms. The molecule has 5 atom stereocenters. The zero-order valence-electron chi connectivity index (χ0n) is 33.9. The third kappa shape index (κ3) is 15.2. The van der Waals surface area contributed by atoms with Crippen molar-refractivity contribution in [3.63, 3.8) is 0 Å². The maximum atomic E-state index is 11.2. The number of rotatable bonds is 29. The summed E-state index contributed by atoms with van der Waals surface area (Å²) in [4.78, 5) is 15.4. The standard InChI is InChI=1S/C42H67N6O6P2/c1-3-4-5-6-7-8-9-10-11-12-13-14-15-16-17-18-19-20-36(51-29-34-21-22-35(28-43)40(27-34)50-2)30-52-56(49,55)53-32-42(31-44)26-25-39(54-42)37-23-24-38-41(45)46-33-47-48(37)38/h21-24,27,36,39,47,49H,3-20,25-26,29-30,32-33,55H2,1-2H3,(H2,45,46)/q+1. The molecule has 56 heavy (non-hydrogen) atoms. The van der Waals surface area contributed by atoms with Gasteiger partial charge in [0, 0.05) is 0 Å². The highest BCUT2D eigenvalue weighted by molar-refractivity contribution is 8.16. The second kappa shape index (κ2) is 24.9. The van der Waals surface area contributed by atoms with Gasteiger partial charge in [-0.3, -0.25) is 4.68 Å². The van der Waals surface area contributed by atoms with Crippen LogP contribution >= 0.6 is 16.6 Å². The lowest BCUT2D eigenvalue weighted by atomic mass is 10.0. The predicted octanol–water partition coefficient (Wildman–Crippen LogP) is 9.91. The van der Waals surface area contributed by atoms with Crippen molar-refractivity contribution in [2.24, 2.45) is 10.7 Å². The van der Waals surface area contributed by atoms with E-state index in [4.69, 9.17) is 29.0 Å². The van der Waals surface area contributed by atoms with Crippen molar-refractivity contribution in [2.75, 3.05) is 32.4 Å². The summed E-state index contributed by atoms with van der Waals surface area (Å²) >= 11 is 0. The predicted molar refractivity (Wildman–Crippen MR) is 227 cm³/mol. The van der Waals surface area contributed by atoms with E-state index < -0.39 is 13.2 Å². The zero-order chi connectivity index (χ0) is 40.1. The Morgan fingerprint density at radius 1 is 0.982 bits per heavy atom. The Morgan fingerprint density at radius 2 is 1.62 bits per heavy atom. The molecule has 1 aromatic carbocycles. The van der Waals surface area contributed by atoms with E-state index >= 15 is 0 Å². The number of nitrogens with zero attached hydrogens (tertiary/aromatic N) is 4. The number of aromatic nitrogens is 1. The molecule has 0 spiro atoms. The van der Waals surface area contributed by atoms with Gasteiger partial charge in [-0.15, -0.1) is 0 Å². The first kappa shape index (κ1) is 45.9. The van der Waals surface area contributed by atoms with Gasteiger partial charge >= 0.3 is 7.63 Å². The number of hydrogen-bond acceptors (Lipinski definition) is 11. The number of benzene rings is 1. The topological polar surface area (TPSA) is 169 Å². The largest absolute Gasteiger partial charge is 0.495 e. The van der Waals surface area contributed by atoms with Gasteiger partial charge in [0.1, 0.15) is 64.3 Å². The highest BCUT2D eigenvalue weighted by Crippen LogP contribution is 2.65. The van der Waals surface area contributed by atoms with Gasteiger partial charge in [0.15, 0.2) is 5.60 Å². The van der Waals surface area contributed by atoms with E-state index in [1.807, 2.05) is 28.9 Å². The van der Waals surface area contributed by atoms with E-state index in [-0.39, 0.29) is 25.4 Å². The lowest BCUT2D eigenvalue weighted by molar-refractivity contribution is -0.0406. The Hall–Kier alpha value is -2.79. The van der Waals surface area contributed by atoms with Crippen molar-refractivity contribution < 1.29 is 28.2 Å². The van der Waals surface area contributed by atoms with Gasteiger partial charge in [-0.05, 0) is 49.1 Å². The van der Waals surface area contributed by atoms with Crippen LogP contribution in [-0.2, 0) is 25.1 Å². The van der Waals surface area contributed by atoms with Crippen molar-refractivity contribution in [3.05, 3.63) is 52.8 Å². The van der Waals surface area contributed by atoms with Crippen LogP contribution in [0.25, 0.3) is 0 Å². The van der Waals surface area contributed by atoms with Crippen molar-refractivity contribution in [1.82, 2.24) is 4.68 Å². The van der Waals surface area contributed by atoms with Crippen molar-refractivity contribution in [2.45, 2.75) is 160 Å². The zero-order valence-corrected chi connectivity index (χ0v) is 35.9. The average molecular weight is 814 g/mol. The van der Waals surface area contributed by atoms with Gasteiger partial charge in [0.25, 0.3) is 0 Å². The molecule has 2 aliphatic rings. The molecule has 3 heterocycles. The normalized spacial score (nSPS) is 19.3. The highest BCUT2D eigenvalue weighted by Gasteiger charge is 2.47. The van der Waals surface area contributed by atoms with E-state index in [0.29, 0.717) is 43.3 Å². The number of nitriles is 2. The molecule has 0 bridgehead atoms. The lowest BCUT2D eigenvalue weighted by Crippen LogP contribution is -2.34. The number of amidine groups is 1. The number of hydrogen-bond donors (Lipinski definition) is 3. The SMILES string of the molecule is CCCCCCCCCCCCCCCCCCCC(CO[P+](O)(P)OCC1(C#N)CCC(c2ccc3n2NCN=C3N)O1)OCc1ccc(C#N)c(OC)c1. The van der Waals surface area contributed by atoms with Gasteiger partial charge in [-0.2, -0.15) is 24.5 Å². The number of nitrogens with two attached hydrogens (primary N) is 1. The van der Waals surface area contributed by atoms with Crippen LogP contribution in [0.15, 0.2) is 35.3 Å². The van der Waals surface area contributed by atoms with Crippen LogP contribution in [0.2, 0.25) is 0 Å². The Balaban J connectivity index is 1.19. The third-order valence-electron chi connectivity index (χ3n) is 10.8. The number of unbranched alkanes of at least 4 members (excludes halogenated alkanes) is 16. The fourth-order valence-corrected chi connectivity index (χ4v) is 8.73. The van der Waals surface area contributed by atoms with E-state index in [9.17, 15) is 15.4 Å². The Bertz CT molecular complexity index is 1580. The van der Waals surface area contributed by atoms with Gasteiger partial charge in [0.05, 0.1) is 31.1 Å². The fraction of sp³-hybridized carbons (Fsp3) is 0.690. The van der Waals surface area contributed by atoms with Crippen molar-refractivity contribution in [3.8, 4) is 17.9 Å². The van der Waals surface area contributed by atoms with Crippen LogP contribution in [0.3, 0.4) is 0 Å². The highest BCUT2D eigenvalue weighted by atomic mass is 32.1. The summed E-state index contributed by atoms with van der Waals surface area (Å²) in [6, 6.07) is 13.6. The molecule has 4 rings (SSSR count).